The summed E-state index contributed by atoms with van der Waals surface area (Å²) in [4.78, 5) is 4.04. The number of aliphatic hydroxyl groups excluding tert-OH is 1. The van der Waals surface area contributed by atoms with Crippen molar-refractivity contribution in [2.45, 2.75) is 52.8 Å². The maximum absolute atomic E-state index is 9.97. The van der Waals surface area contributed by atoms with E-state index in [2.05, 4.69) is 31.1 Å². The molecule has 1 aromatic rings. The number of nitrogens with zero attached hydrogens (tertiary/aromatic N) is 1. The number of hydrogen-bond donors (Lipinski definition) is 3. The predicted octanol–water partition coefficient (Wildman–Crippen LogP) is 1.87. The average molecular weight is 238 g/mol. The molecule has 1 aromatic heterocycles. The fraction of sp³-hybridized carbons (Fsp3) is 0.615. The summed E-state index contributed by atoms with van der Waals surface area (Å²) in [5.74, 6) is 0.177. The molecule has 0 aliphatic carbocycles. The minimum absolute atomic E-state index is 0.0103. The van der Waals surface area contributed by atoms with Crippen molar-refractivity contribution in [3.05, 3.63) is 23.0 Å². The summed E-state index contributed by atoms with van der Waals surface area (Å²) in [6.07, 6.45) is 2.61. The van der Waals surface area contributed by atoms with Crippen molar-refractivity contribution < 1.29 is 10.2 Å². The van der Waals surface area contributed by atoms with Crippen LogP contribution in [0.2, 0.25) is 0 Å². The summed E-state index contributed by atoms with van der Waals surface area (Å²) in [7, 11) is 0. The van der Waals surface area contributed by atoms with Crippen LogP contribution >= 0.6 is 0 Å². The molecule has 1 heterocycles. The van der Waals surface area contributed by atoms with Gasteiger partial charge in [0.15, 0.2) is 0 Å². The highest BCUT2D eigenvalue weighted by molar-refractivity contribution is 5.40. The van der Waals surface area contributed by atoms with E-state index in [0.717, 1.165) is 12.0 Å². The van der Waals surface area contributed by atoms with Crippen molar-refractivity contribution in [1.82, 2.24) is 10.3 Å². The molecule has 0 aromatic carbocycles. The van der Waals surface area contributed by atoms with Crippen molar-refractivity contribution in [2.75, 3.05) is 0 Å². The highest BCUT2D eigenvalue weighted by Gasteiger charge is 2.17. The molecular weight excluding hydrogens is 216 g/mol. The van der Waals surface area contributed by atoms with E-state index in [1.54, 1.807) is 13.1 Å². The number of pyridine rings is 1. The molecule has 0 aliphatic rings. The molecule has 0 amide bonds. The zero-order chi connectivity index (χ0) is 13.1. The molecule has 0 fully saturated rings. The van der Waals surface area contributed by atoms with Crippen molar-refractivity contribution >= 4 is 0 Å². The minimum Gasteiger partial charge on any atom is -0.506 e. The van der Waals surface area contributed by atoms with Crippen LogP contribution in [0.15, 0.2) is 6.20 Å². The fourth-order valence-corrected chi connectivity index (χ4v) is 1.47. The van der Waals surface area contributed by atoms with Gasteiger partial charge in [0.05, 0.1) is 12.3 Å². The quantitative estimate of drug-likeness (QED) is 0.732. The second kappa shape index (κ2) is 5.47. The SMILES string of the molecule is CCC(C)(C)NCc1c(CO)cnc(C)c1O. The van der Waals surface area contributed by atoms with Crippen molar-refractivity contribution in [3.8, 4) is 5.75 Å². The van der Waals surface area contributed by atoms with Crippen LogP contribution < -0.4 is 5.32 Å². The lowest BCUT2D eigenvalue weighted by molar-refractivity contribution is 0.277. The highest BCUT2D eigenvalue weighted by Crippen LogP contribution is 2.24. The largest absolute Gasteiger partial charge is 0.506 e. The Hall–Kier alpha value is -1.13. The normalized spacial score (nSPS) is 11.8. The Bertz CT molecular complexity index is 389. The maximum atomic E-state index is 9.97. The molecule has 0 saturated carbocycles. The molecule has 4 heteroatoms. The van der Waals surface area contributed by atoms with Gasteiger partial charge in [-0.1, -0.05) is 6.92 Å². The van der Waals surface area contributed by atoms with Gasteiger partial charge in [-0.2, -0.15) is 0 Å². The second-order valence-corrected chi connectivity index (χ2v) is 4.95. The first kappa shape index (κ1) is 13.9. The summed E-state index contributed by atoms with van der Waals surface area (Å²) in [5.41, 5.74) is 2.01. The van der Waals surface area contributed by atoms with Gasteiger partial charge in [-0.15, -0.1) is 0 Å². The molecule has 0 radical (unpaired) electrons. The van der Waals surface area contributed by atoms with Crippen LogP contribution in [0.25, 0.3) is 0 Å². The van der Waals surface area contributed by atoms with Crippen molar-refractivity contribution in [2.24, 2.45) is 0 Å². The van der Waals surface area contributed by atoms with Gasteiger partial charge in [0.2, 0.25) is 0 Å². The zero-order valence-electron chi connectivity index (χ0n) is 11.0. The Morgan fingerprint density at radius 1 is 1.41 bits per heavy atom. The molecule has 0 spiro atoms. The van der Waals surface area contributed by atoms with Crippen molar-refractivity contribution in [3.63, 3.8) is 0 Å². The van der Waals surface area contributed by atoms with Crippen LogP contribution in [0, 0.1) is 6.92 Å². The monoisotopic (exact) mass is 238 g/mol. The fourth-order valence-electron chi connectivity index (χ4n) is 1.47. The number of aromatic nitrogens is 1. The molecule has 0 saturated heterocycles. The van der Waals surface area contributed by atoms with Gasteiger partial charge >= 0.3 is 0 Å². The third-order valence-corrected chi connectivity index (χ3v) is 3.23. The number of aliphatic hydroxyl groups is 1. The zero-order valence-corrected chi connectivity index (χ0v) is 11.0. The third kappa shape index (κ3) is 3.41. The molecule has 0 aliphatic heterocycles. The van der Waals surface area contributed by atoms with Crippen LogP contribution in [0.4, 0.5) is 0 Å². The second-order valence-electron chi connectivity index (χ2n) is 4.95. The Morgan fingerprint density at radius 3 is 2.59 bits per heavy atom. The van der Waals surface area contributed by atoms with Crippen LogP contribution in [-0.4, -0.2) is 20.7 Å². The van der Waals surface area contributed by atoms with Gasteiger partial charge < -0.3 is 15.5 Å². The Balaban J connectivity index is 2.93. The van der Waals surface area contributed by atoms with E-state index in [1.165, 1.54) is 0 Å². The van der Waals surface area contributed by atoms with E-state index in [1.807, 2.05) is 0 Å². The van der Waals surface area contributed by atoms with E-state index >= 15 is 0 Å². The number of nitrogens with one attached hydrogen (secondary N) is 1. The van der Waals surface area contributed by atoms with Crippen LogP contribution in [-0.2, 0) is 13.2 Å². The van der Waals surface area contributed by atoms with E-state index in [9.17, 15) is 10.2 Å². The Kier molecular flexibility index (Phi) is 4.48. The highest BCUT2D eigenvalue weighted by atomic mass is 16.3. The average Bonchev–Trinajstić information content (AvgIpc) is 2.31. The Labute approximate surface area is 103 Å². The van der Waals surface area contributed by atoms with Crippen LogP contribution in [0.3, 0.4) is 0 Å². The molecule has 3 N–H and O–H groups in total. The van der Waals surface area contributed by atoms with Gasteiger partial charge in [-0.3, -0.25) is 4.98 Å². The van der Waals surface area contributed by atoms with E-state index < -0.39 is 0 Å². The number of hydrogen-bond acceptors (Lipinski definition) is 4. The standard InChI is InChI=1S/C13H22N2O2/c1-5-13(3,4)15-7-11-10(8-16)6-14-9(2)12(11)17/h6,15-17H,5,7-8H2,1-4H3. The summed E-state index contributed by atoms with van der Waals surface area (Å²) >= 11 is 0. The van der Waals surface area contributed by atoms with Gasteiger partial charge in [-0.05, 0) is 27.2 Å². The number of aromatic hydroxyl groups is 1. The predicted molar refractivity (Wildman–Crippen MR) is 67.8 cm³/mol. The van der Waals surface area contributed by atoms with Crippen LogP contribution in [0.1, 0.15) is 44.0 Å². The van der Waals surface area contributed by atoms with Crippen molar-refractivity contribution in [1.29, 1.82) is 0 Å². The first-order valence-electron chi connectivity index (χ1n) is 5.93. The smallest absolute Gasteiger partial charge is 0.141 e. The lowest BCUT2D eigenvalue weighted by Gasteiger charge is -2.25. The van der Waals surface area contributed by atoms with Gasteiger partial charge in [-0.25, -0.2) is 0 Å². The molecule has 0 unspecified atom stereocenters. The summed E-state index contributed by atoms with van der Waals surface area (Å²) in [6.45, 7) is 8.51. The van der Waals surface area contributed by atoms with Gasteiger partial charge in [0, 0.05) is 29.4 Å². The summed E-state index contributed by atoms with van der Waals surface area (Å²) < 4.78 is 0. The van der Waals surface area contributed by atoms with Crippen LogP contribution in [0.5, 0.6) is 5.75 Å². The number of aryl methyl sites for hydroxylation is 1. The van der Waals surface area contributed by atoms with E-state index in [4.69, 9.17) is 0 Å². The third-order valence-electron chi connectivity index (χ3n) is 3.23. The molecule has 96 valence electrons. The maximum Gasteiger partial charge on any atom is 0.141 e. The number of rotatable bonds is 5. The minimum atomic E-state index is -0.107. The Morgan fingerprint density at radius 2 is 2.06 bits per heavy atom. The summed E-state index contributed by atoms with van der Waals surface area (Å²) in [5, 5.41) is 22.6. The molecular formula is C13H22N2O2. The van der Waals surface area contributed by atoms with Gasteiger partial charge in [0.1, 0.15) is 5.75 Å². The first-order chi connectivity index (χ1) is 7.91. The molecule has 1 rings (SSSR count). The topological polar surface area (TPSA) is 65.4 Å². The lowest BCUT2D eigenvalue weighted by Crippen LogP contribution is -2.38. The first-order valence-corrected chi connectivity index (χ1v) is 5.93. The molecule has 0 atom stereocenters. The summed E-state index contributed by atoms with van der Waals surface area (Å²) in [6, 6.07) is 0. The van der Waals surface area contributed by atoms with Gasteiger partial charge in [0.25, 0.3) is 0 Å². The molecule has 4 nitrogen and oxygen atoms in total. The molecule has 17 heavy (non-hydrogen) atoms. The molecule has 0 bridgehead atoms. The lowest BCUT2D eigenvalue weighted by atomic mass is 10.0. The van der Waals surface area contributed by atoms with E-state index in [-0.39, 0.29) is 17.9 Å². The van der Waals surface area contributed by atoms with E-state index in [0.29, 0.717) is 17.8 Å².